The number of benzene rings is 1. The van der Waals surface area contributed by atoms with Crippen LogP contribution in [0.15, 0.2) is 28.7 Å². The third-order valence-corrected chi connectivity index (χ3v) is 2.45. The highest BCUT2D eigenvalue weighted by molar-refractivity contribution is 6.30. The molecule has 0 aliphatic rings. The van der Waals surface area contributed by atoms with E-state index in [0.717, 1.165) is 22.0 Å². The van der Waals surface area contributed by atoms with Crippen molar-refractivity contribution >= 4 is 17.6 Å². The quantitative estimate of drug-likeness (QED) is 0.850. The number of hydrogen-bond acceptors (Lipinski definition) is 3. The van der Waals surface area contributed by atoms with Crippen molar-refractivity contribution in [3.8, 4) is 0 Å². The maximum absolute atomic E-state index is 5.80. The summed E-state index contributed by atoms with van der Waals surface area (Å²) in [6.45, 7) is 1.86. The van der Waals surface area contributed by atoms with E-state index >= 15 is 0 Å². The molecule has 2 rings (SSSR count). The summed E-state index contributed by atoms with van der Waals surface area (Å²) in [7, 11) is 0. The van der Waals surface area contributed by atoms with Gasteiger partial charge < -0.3 is 10.2 Å². The zero-order chi connectivity index (χ0) is 10.8. The van der Waals surface area contributed by atoms with Crippen LogP contribution in [-0.2, 0) is 6.42 Å². The first-order valence-electron chi connectivity index (χ1n) is 4.61. The second kappa shape index (κ2) is 3.95. The van der Waals surface area contributed by atoms with Gasteiger partial charge in [0.1, 0.15) is 5.76 Å². The molecule has 0 unspecified atom stereocenters. The normalized spacial score (nSPS) is 10.5. The molecule has 4 heteroatoms. The number of anilines is 1. The first-order chi connectivity index (χ1) is 7.15. The minimum atomic E-state index is 0.219. The first kappa shape index (κ1) is 10.1. The minimum Gasteiger partial charge on any atom is -0.429 e. The maximum atomic E-state index is 5.80. The Morgan fingerprint density at radius 1 is 1.33 bits per heavy atom. The van der Waals surface area contributed by atoms with Crippen LogP contribution in [0.3, 0.4) is 0 Å². The number of aryl methyl sites for hydroxylation is 1. The van der Waals surface area contributed by atoms with Gasteiger partial charge in [0.15, 0.2) is 0 Å². The van der Waals surface area contributed by atoms with Crippen molar-refractivity contribution in [2.75, 3.05) is 5.73 Å². The molecule has 78 valence electrons. The van der Waals surface area contributed by atoms with Gasteiger partial charge in [0, 0.05) is 11.4 Å². The molecule has 0 saturated heterocycles. The Morgan fingerprint density at radius 3 is 2.53 bits per heavy atom. The number of rotatable bonds is 2. The molecule has 0 spiro atoms. The molecule has 0 radical (unpaired) electrons. The third kappa shape index (κ3) is 2.30. The summed E-state index contributed by atoms with van der Waals surface area (Å²) in [6, 6.07) is 7.86. The lowest BCUT2D eigenvalue weighted by molar-refractivity contribution is 0.545. The average Bonchev–Trinajstić information content (AvgIpc) is 2.49. The summed E-state index contributed by atoms with van der Waals surface area (Å²) in [4.78, 5) is 4.11. The van der Waals surface area contributed by atoms with Crippen molar-refractivity contribution in [3.63, 3.8) is 0 Å². The second-order valence-corrected chi connectivity index (χ2v) is 3.79. The summed E-state index contributed by atoms with van der Waals surface area (Å²) in [5.41, 5.74) is 7.46. The second-order valence-electron chi connectivity index (χ2n) is 3.36. The molecule has 2 aromatic rings. The highest BCUT2D eigenvalue weighted by Crippen LogP contribution is 2.17. The van der Waals surface area contributed by atoms with Gasteiger partial charge in [0.05, 0.1) is 5.69 Å². The van der Waals surface area contributed by atoms with Gasteiger partial charge in [-0.05, 0) is 24.6 Å². The predicted molar refractivity (Wildman–Crippen MR) is 59.9 cm³/mol. The predicted octanol–water partition coefficient (Wildman–Crippen LogP) is 2.81. The molecule has 0 amide bonds. The Bertz CT molecular complexity index is 462. The van der Waals surface area contributed by atoms with Gasteiger partial charge in [-0.2, -0.15) is 4.98 Å². The van der Waals surface area contributed by atoms with Gasteiger partial charge in [0.25, 0.3) is 6.01 Å². The van der Waals surface area contributed by atoms with Crippen molar-refractivity contribution in [1.82, 2.24) is 4.98 Å². The molecule has 1 heterocycles. The van der Waals surface area contributed by atoms with Gasteiger partial charge in [-0.3, -0.25) is 0 Å². The molecule has 15 heavy (non-hydrogen) atoms. The fraction of sp³-hybridized carbons (Fsp3) is 0.182. The zero-order valence-corrected chi connectivity index (χ0v) is 9.08. The van der Waals surface area contributed by atoms with Crippen molar-refractivity contribution in [2.24, 2.45) is 0 Å². The van der Waals surface area contributed by atoms with Gasteiger partial charge in [-0.15, -0.1) is 0 Å². The maximum Gasteiger partial charge on any atom is 0.292 e. The molecule has 2 N–H and O–H groups in total. The van der Waals surface area contributed by atoms with Gasteiger partial charge in [0.2, 0.25) is 0 Å². The van der Waals surface area contributed by atoms with Crippen molar-refractivity contribution in [3.05, 3.63) is 46.3 Å². The van der Waals surface area contributed by atoms with Crippen LogP contribution in [0.5, 0.6) is 0 Å². The monoisotopic (exact) mass is 222 g/mol. The standard InChI is InChI=1S/C11H11ClN2O/c1-7-10(14-11(13)15-7)6-8-2-4-9(12)5-3-8/h2-5H,6H2,1H3,(H2,13,14). The Morgan fingerprint density at radius 2 is 2.00 bits per heavy atom. The summed E-state index contributed by atoms with van der Waals surface area (Å²) in [5.74, 6) is 0.766. The van der Waals surface area contributed by atoms with Crippen LogP contribution in [0.25, 0.3) is 0 Å². The molecule has 0 fully saturated rings. The zero-order valence-electron chi connectivity index (χ0n) is 8.33. The molecule has 1 aromatic heterocycles. The van der Waals surface area contributed by atoms with E-state index in [1.807, 2.05) is 31.2 Å². The molecule has 1 aromatic carbocycles. The molecule has 0 saturated carbocycles. The van der Waals surface area contributed by atoms with Crippen LogP contribution in [-0.4, -0.2) is 4.98 Å². The SMILES string of the molecule is Cc1oc(N)nc1Cc1ccc(Cl)cc1. The van der Waals surface area contributed by atoms with Gasteiger partial charge >= 0.3 is 0 Å². The number of nitrogen functional groups attached to an aromatic ring is 1. The van der Waals surface area contributed by atoms with Crippen LogP contribution < -0.4 is 5.73 Å². The van der Waals surface area contributed by atoms with Crippen LogP contribution in [0.1, 0.15) is 17.0 Å². The molecule has 0 aliphatic carbocycles. The van der Waals surface area contributed by atoms with Gasteiger partial charge in [-0.25, -0.2) is 0 Å². The fourth-order valence-corrected chi connectivity index (χ4v) is 1.54. The van der Waals surface area contributed by atoms with Crippen LogP contribution in [0.2, 0.25) is 5.02 Å². The highest BCUT2D eigenvalue weighted by atomic mass is 35.5. The summed E-state index contributed by atoms with van der Waals surface area (Å²) in [5, 5.41) is 0.732. The average molecular weight is 223 g/mol. The molecular formula is C11H11ClN2O. The smallest absolute Gasteiger partial charge is 0.292 e. The van der Waals surface area contributed by atoms with Crippen LogP contribution in [0.4, 0.5) is 6.01 Å². The Hall–Kier alpha value is -1.48. The van der Waals surface area contributed by atoms with Crippen molar-refractivity contribution in [1.29, 1.82) is 0 Å². The molecular weight excluding hydrogens is 212 g/mol. The summed E-state index contributed by atoms with van der Waals surface area (Å²) < 4.78 is 5.15. The van der Waals surface area contributed by atoms with Gasteiger partial charge in [-0.1, -0.05) is 23.7 Å². The summed E-state index contributed by atoms with van der Waals surface area (Å²) >= 11 is 5.80. The lowest BCUT2D eigenvalue weighted by Crippen LogP contribution is -1.91. The van der Waals surface area contributed by atoms with Crippen LogP contribution >= 0.6 is 11.6 Å². The number of nitrogens with zero attached hydrogens (tertiary/aromatic N) is 1. The molecule has 0 aliphatic heterocycles. The van der Waals surface area contributed by atoms with E-state index in [2.05, 4.69) is 4.98 Å². The van der Waals surface area contributed by atoms with Crippen molar-refractivity contribution < 1.29 is 4.42 Å². The van der Waals surface area contributed by atoms with E-state index in [1.54, 1.807) is 0 Å². The Labute approximate surface area is 92.9 Å². The van der Waals surface area contributed by atoms with E-state index < -0.39 is 0 Å². The Kier molecular flexibility index (Phi) is 2.64. The number of aromatic nitrogens is 1. The molecule has 0 atom stereocenters. The first-order valence-corrected chi connectivity index (χ1v) is 4.99. The largest absolute Gasteiger partial charge is 0.429 e. The van der Waals surface area contributed by atoms with Crippen molar-refractivity contribution in [2.45, 2.75) is 13.3 Å². The number of nitrogens with two attached hydrogens (primary N) is 1. The number of halogens is 1. The lowest BCUT2D eigenvalue weighted by atomic mass is 10.1. The van der Waals surface area contributed by atoms with E-state index in [0.29, 0.717) is 6.42 Å². The topological polar surface area (TPSA) is 52.0 Å². The molecule has 3 nitrogen and oxygen atoms in total. The number of hydrogen-bond donors (Lipinski definition) is 1. The van der Waals surface area contributed by atoms with Crippen LogP contribution in [0, 0.1) is 6.92 Å². The Balaban J connectivity index is 2.21. The summed E-state index contributed by atoms with van der Waals surface area (Å²) in [6.07, 6.45) is 0.712. The van der Waals surface area contributed by atoms with E-state index in [9.17, 15) is 0 Å². The highest BCUT2D eigenvalue weighted by Gasteiger charge is 2.07. The number of oxazole rings is 1. The van der Waals surface area contributed by atoms with E-state index in [-0.39, 0.29) is 6.01 Å². The van der Waals surface area contributed by atoms with E-state index in [1.165, 1.54) is 0 Å². The minimum absolute atomic E-state index is 0.219. The lowest BCUT2D eigenvalue weighted by Gasteiger charge is -1.98. The fourth-order valence-electron chi connectivity index (χ4n) is 1.41. The third-order valence-electron chi connectivity index (χ3n) is 2.19. The molecule has 0 bridgehead atoms. The van der Waals surface area contributed by atoms with E-state index in [4.69, 9.17) is 21.8 Å².